The van der Waals surface area contributed by atoms with E-state index in [1.54, 1.807) is 31.4 Å². The monoisotopic (exact) mass is 602 g/mol. The minimum Gasteiger partial charge on any atom is -0.489 e. The zero-order valence-corrected chi connectivity index (χ0v) is 26.5. The summed E-state index contributed by atoms with van der Waals surface area (Å²) in [5.41, 5.74) is 4.92. The number of alkyl carbamates (subject to hydrolysis) is 1. The number of carbonyl (C=O) groups is 3. The molecule has 0 aliphatic rings. The van der Waals surface area contributed by atoms with Crippen LogP contribution in [0.5, 0.6) is 5.75 Å². The molecule has 0 aliphatic carbocycles. The van der Waals surface area contributed by atoms with Crippen molar-refractivity contribution >= 4 is 34.6 Å². The number of nitrogens with one attached hydrogen (secondary N) is 2. The van der Waals surface area contributed by atoms with E-state index in [-0.39, 0.29) is 31.5 Å². The predicted octanol–water partition coefficient (Wildman–Crippen LogP) is 7.79. The Balaban J connectivity index is 0.00000259. The quantitative estimate of drug-likeness (QED) is 0.178. The van der Waals surface area contributed by atoms with Gasteiger partial charge in [-0.25, -0.2) is 4.79 Å². The van der Waals surface area contributed by atoms with Crippen LogP contribution in [-0.4, -0.2) is 30.2 Å². The van der Waals surface area contributed by atoms with Crippen molar-refractivity contribution in [3.05, 3.63) is 83.6 Å². The van der Waals surface area contributed by atoms with E-state index in [0.717, 1.165) is 33.2 Å². The number of ether oxygens (including phenoxy) is 3. The van der Waals surface area contributed by atoms with Gasteiger partial charge < -0.3 is 29.3 Å². The van der Waals surface area contributed by atoms with E-state index in [1.165, 1.54) is 6.92 Å². The Labute approximate surface area is 258 Å². The molecule has 0 fully saturated rings. The first-order valence-corrected chi connectivity index (χ1v) is 14.8. The zero-order chi connectivity index (χ0) is 32.3. The number of amides is 2. The highest BCUT2D eigenvalue weighted by atomic mass is 16.6. The smallest absolute Gasteiger partial charge is 0.407 e. The molecule has 0 atom stereocenters. The Kier molecular flexibility index (Phi) is 12.0. The van der Waals surface area contributed by atoms with Gasteiger partial charge in [0.2, 0.25) is 5.91 Å². The number of benzene rings is 3. The van der Waals surface area contributed by atoms with Gasteiger partial charge in [0.05, 0.1) is 19.3 Å². The standard InChI is InChI=1S/C33H36N2O7.C2H6/c1-6-39-30(37)17-25-10-11-27(35-21(2)36)18-29(25)41-20-23-15-26-12-13-40-31(26)28(16-23)24-9-7-8-22(14-24)19-34-32(38)42-33(3,4)5;1-2/h7-16,18H,6,17,19-20H2,1-5H3,(H,34,38)(H,35,36);1-2H3. The van der Waals surface area contributed by atoms with Gasteiger partial charge in [-0.1, -0.05) is 38.1 Å². The van der Waals surface area contributed by atoms with Crippen LogP contribution in [0.3, 0.4) is 0 Å². The van der Waals surface area contributed by atoms with Crippen LogP contribution in [0.1, 0.15) is 65.2 Å². The molecule has 0 spiro atoms. The van der Waals surface area contributed by atoms with Crippen molar-refractivity contribution in [2.45, 2.75) is 73.6 Å². The van der Waals surface area contributed by atoms with Gasteiger partial charge in [0, 0.05) is 41.7 Å². The molecule has 0 unspecified atom stereocenters. The summed E-state index contributed by atoms with van der Waals surface area (Å²) in [7, 11) is 0. The van der Waals surface area contributed by atoms with Crippen molar-refractivity contribution in [2.75, 3.05) is 11.9 Å². The highest BCUT2D eigenvalue weighted by Gasteiger charge is 2.17. The largest absolute Gasteiger partial charge is 0.489 e. The summed E-state index contributed by atoms with van der Waals surface area (Å²) in [6.45, 7) is 13.4. The number of carbonyl (C=O) groups excluding carboxylic acids is 3. The lowest BCUT2D eigenvalue weighted by Gasteiger charge is -2.19. The lowest BCUT2D eigenvalue weighted by Crippen LogP contribution is -2.32. The number of furan rings is 1. The van der Waals surface area contributed by atoms with E-state index >= 15 is 0 Å². The molecule has 0 saturated carbocycles. The fourth-order valence-corrected chi connectivity index (χ4v) is 4.42. The van der Waals surface area contributed by atoms with Gasteiger partial charge in [-0.3, -0.25) is 9.59 Å². The molecule has 0 aliphatic heterocycles. The average Bonchev–Trinajstić information content (AvgIpc) is 3.45. The van der Waals surface area contributed by atoms with Gasteiger partial charge in [0.1, 0.15) is 23.5 Å². The number of anilines is 1. The number of esters is 1. The van der Waals surface area contributed by atoms with Crippen molar-refractivity contribution in [3.8, 4) is 16.9 Å². The van der Waals surface area contributed by atoms with Crippen molar-refractivity contribution in [2.24, 2.45) is 0 Å². The van der Waals surface area contributed by atoms with Crippen LogP contribution >= 0.6 is 0 Å². The second-order valence-corrected chi connectivity index (χ2v) is 10.8. The molecule has 0 saturated heterocycles. The van der Waals surface area contributed by atoms with Gasteiger partial charge in [-0.2, -0.15) is 0 Å². The van der Waals surface area contributed by atoms with E-state index in [1.807, 2.05) is 77.1 Å². The molecular weight excluding hydrogens is 560 g/mol. The summed E-state index contributed by atoms with van der Waals surface area (Å²) in [5.74, 6) is -0.103. The third-order valence-corrected chi connectivity index (χ3v) is 6.11. The lowest BCUT2D eigenvalue weighted by atomic mass is 9.99. The Morgan fingerprint density at radius 1 is 0.932 bits per heavy atom. The van der Waals surface area contributed by atoms with Crippen molar-refractivity contribution in [3.63, 3.8) is 0 Å². The Hall–Kier alpha value is -4.79. The molecule has 4 aromatic rings. The number of rotatable bonds is 10. The molecule has 44 heavy (non-hydrogen) atoms. The summed E-state index contributed by atoms with van der Waals surface area (Å²) in [5, 5.41) is 6.45. The SMILES string of the molecule is CC.CCOC(=O)Cc1ccc(NC(C)=O)cc1OCc1cc(-c2cccc(CNC(=O)OC(C)(C)C)c2)c2occc2c1. The molecule has 9 nitrogen and oxygen atoms in total. The lowest BCUT2D eigenvalue weighted by molar-refractivity contribution is -0.142. The first kappa shape index (κ1) is 33.7. The van der Waals surface area contributed by atoms with Gasteiger partial charge in [0.25, 0.3) is 0 Å². The summed E-state index contributed by atoms with van der Waals surface area (Å²) in [6, 6.07) is 18.9. The van der Waals surface area contributed by atoms with Crippen molar-refractivity contribution < 1.29 is 33.0 Å². The van der Waals surface area contributed by atoms with Gasteiger partial charge >= 0.3 is 12.1 Å². The van der Waals surface area contributed by atoms with Gasteiger partial charge in [-0.05, 0) is 74.7 Å². The van der Waals surface area contributed by atoms with Crippen LogP contribution in [0.25, 0.3) is 22.1 Å². The normalized spacial score (nSPS) is 10.8. The second kappa shape index (κ2) is 15.6. The van der Waals surface area contributed by atoms with Crippen molar-refractivity contribution in [1.82, 2.24) is 5.32 Å². The first-order chi connectivity index (χ1) is 21.0. The second-order valence-electron chi connectivity index (χ2n) is 10.8. The molecule has 3 aromatic carbocycles. The molecule has 2 amide bonds. The molecular formula is C35H42N2O7. The topological polar surface area (TPSA) is 116 Å². The highest BCUT2D eigenvalue weighted by Crippen LogP contribution is 2.33. The fourth-order valence-electron chi connectivity index (χ4n) is 4.42. The van der Waals surface area contributed by atoms with Crippen LogP contribution < -0.4 is 15.4 Å². The van der Waals surface area contributed by atoms with Gasteiger partial charge in [0.15, 0.2) is 0 Å². The van der Waals surface area contributed by atoms with E-state index in [2.05, 4.69) is 10.6 Å². The first-order valence-electron chi connectivity index (χ1n) is 14.8. The van der Waals surface area contributed by atoms with E-state index in [9.17, 15) is 14.4 Å². The Bertz CT molecular complexity index is 1580. The number of hydrogen-bond donors (Lipinski definition) is 2. The van der Waals surface area contributed by atoms with Crippen molar-refractivity contribution in [1.29, 1.82) is 0 Å². The molecule has 9 heteroatoms. The molecule has 4 rings (SSSR count). The fraction of sp³-hybridized carbons (Fsp3) is 0.343. The molecule has 0 bridgehead atoms. The Morgan fingerprint density at radius 2 is 1.70 bits per heavy atom. The van der Waals surface area contributed by atoms with Crippen LogP contribution in [0.2, 0.25) is 0 Å². The van der Waals surface area contributed by atoms with Gasteiger partial charge in [-0.15, -0.1) is 0 Å². The van der Waals surface area contributed by atoms with Crippen LogP contribution in [0, 0.1) is 0 Å². The summed E-state index contributed by atoms with van der Waals surface area (Å²) >= 11 is 0. The maximum absolute atomic E-state index is 12.2. The van der Waals surface area contributed by atoms with E-state index < -0.39 is 11.7 Å². The van der Waals surface area contributed by atoms with Crippen LogP contribution in [0.4, 0.5) is 10.5 Å². The summed E-state index contributed by atoms with van der Waals surface area (Å²) in [4.78, 5) is 36.0. The third kappa shape index (κ3) is 9.90. The zero-order valence-electron chi connectivity index (χ0n) is 26.5. The van der Waals surface area contributed by atoms with Crippen LogP contribution in [0.15, 0.2) is 71.3 Å². The van der Waals surface area contributed by atoms with E-state index in [0.29, 0.717) is 23.5 Å². The highest BCUT2D eigenvalue weighted by molar-refractivity contribution is 5.93. The average molecular weight is 603 g/mol. The molecule has 234 valence electrons. The maximum Gasteiger partial charge on any atom is 0.407 e. The molecule has 0 radical (unpaired) electrons. The summed E-state index contributed by atoms with van der Waals surface area (Å²) < 4.78 is 22.5. The van der Waals surface area contributed by atoms with E-state index in [4.69, 9.17) is 18.6 Å². The molecule has 1 aromatic heterocycles. The maximum atomic E-state index is 12.2. The Morgan fingerprint density at radius 3 is 2.41 bits per heavy atom. The third-order valence-electron chi connectivity index (χ3n) is 6.11. The molecule has 1 heterocycles. The van der Waals surface area contributed by atoms with Crippen LogP contribution in [-0.2, 0) is 38.6 Å². The minimum absolute atomic E-state index is 0.0413. The number of hydrogen-bond acceptors (Lipinski definition) is 7. The molecule has 2 N–H and O–H groups in total. The predicted molar refractivity (Wildman–Crippen MR) is 171 cm³/mol. The number of fused-ring (bicyclic) bond motifs is 1. The summed E-state index contributed by atoms with van der Waals surface area (Å²) in [6.07, 6.45) is 1.20. The minimum atomic E-state index is -0.579.